The van der Waals surface area contributed by atoms with Crippen molar-refractivity contribution in [1.82, 2.24) is 15.3 Å². The normalized spacial score (nSPS) is 10.6. The molecule has 0 aliphatic rings. The molecule has 0 atom stereocenters. The Morgan fingerprint density at radius 3 is 2.58 bits per heavy atom. The van der Waals surface area contributed by atoms with E-state index in [1.165, 1.54) is 17.3 Å². The van der Waals surface area contributed by atoms with Gasteiger partial charge in [-0.2, -0.15) is 0 Å². The number of thioether (sulfide) groups is 1. The van der Waals surface area contributed by atoms with Crippen LogP contribution in [0.25, 0.3) is 0 Å². The highest BCUT2D eigenvalue weighted by molar-refractivity contribution is 8.02. The fourth-order valence-corrected chi connectivity index (χ4v) is 3.56. The number of amides is 1. The maximum Gasteiger partial charge on any atom is 0.230 e. The topological polar surface area (TPSA) is 64.1 Å². The molecule has 128 valence electrons. The van der Waals surface area contributed by atoms with E-state index in [4.69, 9.17) is 4.74 Å². The van der Waals surface area contributed by atoms with E-state index in [1.807, 2.05) is 0 Å². The van der Waals surface area contributed by atoms with Crippen LogP contribution < -0.4 is 5.32 Å². The van der Waals surface area contributed by atoms with Gasteiger partial charge in [0.25, 0.3) is 0 Å². The molecule has 1 aromatic carbocycles. The summed E-state index contributed by atoms with van der Waals surface area (Å²) in [5.74, 6) is 0.320. The van der Waals surface area contributed by atoms with E-state index in [0.29, 0.717) is 18.9 Å². The number of hydrogen-bond donors (Lipinski definition) is 1. The van der Waals surface area contributed by atoms with E-state index in [2.05, 4.69) is 46.5 Å². The van der Waals surface area contributed by atoms with Gasteiger partial charge in [-0.05, 0) is 25.5 Å². The average Bonchev–Trinajstić information content (AvgIpc) is 2.60. The number of nitrogens with zero attached hydrogens (tertiary/aromatic N) is 2. The smallest absolute Gasteiger partial charge is 0.230 e. The van der Waals surface area contributed by atoms with Crippen LogP contribution in [0.3, 0.4) is 0 Å². The summed E-state index contributed by atoms with van der Waals surface area (Å²) in [5, 5.41) is 4.46. The van der Waals surface area contributed by atoms with Gasteiger partial charge < -0.3 is 10.1 Å². The fourth-order valence-electron chi connectivity index (χ4n) is 1.83. The molecule has 7 heteroatoms. The van der Waals surface area contributed by atoms with Crippen LogP contribution in [0, 0.1) is 6.92 Å². The molecule has 0 aliphatic carbocycles. The van der Waals surface area contributed by atoms with Crippen LogP contribution in [0.5, 0.6) is 0 Å². The van der Waals surface area contributed by atoms with Crippen molar-refractivity contribution < 1.29 is 9.53 Å². The standard InChI is InChI=1S/C17H21N3O2S2/c1-13-4-6-14(7-5-13)24-17-16(19-9-10-20-17)23-12-15(21)18-8-3-11-22-2/h4-7,9-10H,3,8,11-12H2,1-2H3,(H,18,21). The number of ether oxygens (including phenoxy) is 1. The molecule has 0 saturated heterocycles. The van der Waals surface area contributed by atoms with E-state index >= 15 is 0 Å². The molecule has 0 radical (unpaired) electrons. The van der Waals surface area contributed by atoms with E-state index in [-0.39, 0.29) is 5.91 Å². The van der Waals surface area contributed by atoms with Gasteiger partial charge in [-0.1, -0.05) is 41.2 Å². The molecule has 0 aliphatic heterocycles. The Bertz CT molecular complexity index is 651. The molecule has 2 aromatic rings. The zero-order chi connectivity index (χ0) is 17.2. The molecule has 0 bridgehead atoms. The van der Waals surface area contributed by atoms with Crippen molar-refractivity contribution in [1.29, 1.82) is 0 Å². The van der Waals surface area contributed by atoms with Crippen molar-refractivity contribution in [2.45, 2.75) is 28.3 Å². The van der Waals surface area contributed by atoms with Gasteiger partial charge in [-0.3, -0.25) is 4.79 Å². The summed E-state index contributed by atoms with van der Waals surface area (Å²) >= 11 is 2.96. The first-order valence-corrected chi connectivity index (χ1v) is 9.43. The van der Waals surface area contributed by atoms with Gasteiger partial charge in [0.2, 0.25) is 5.91 Å². The van der Waals surface area contributed by atoms with Crippen LogP contribution in [-0.2, 0) is 9.53 Å². The summed E-state index contributed by atoms with van der Waals surface area (Å²) in [4.78, 5) is 21.7. The molecule has 2 rings (SSSR count). The van der Waals surface area contributed by atoms with Crippen LogP contribution >= 0.6 is 23.5 Å². The first kappa shape index (κ1) is 18.8. The molecule has 0 unspecified atom stereocenters. The third kappa shape index (κ3) is 6.51. The number of benzene rings is 1. The van der Waals surface area contributed by atoms with Gasteiger partial charge in [0.15, 0.2) is 0 Å². The van der Waals surface area contributed by atoms with Crippen LogP contribution in [-0.4, -0.2) is 41.9 Å². The van der Waals surface area contributed by atoms with Gasteiger partial charge in [0.05, 0.1) is 5.75 Å². The van der Waals surface area contributed by atoms with Crippen LogP contribution in [0.1, 0.15) is 12.0 Å². The number of methoxy groups -OCH3 is 1. The first-order chi connectivity index (χ1) is 11.7. The molecule has 0 saturated carbocycles. The molecule has 0 spiro atoms. The molecule has 1 N–H and O–H groups in total. The minimum absolute atomic E-state index is 0.00644. The maximum absolute atomic E-state index is 11.9. The van der Waals surface area contributed by atoms with Crippen molar-refractivity contribution in [3.8, 4) is 0 Å². The SMILES string of the molecule is COCCCNC(=O)CSc1nccnc1Sc1ccc(C)cc1. The molecule has 1 heterocycles. The number of aromatic nitrogens is 2. The number of nitrogens with one attached hydrogen (secondary N) is 1. The first-order valence-electron chi connectivity index (χ1n) is 7.63. The maximum atomic E-state index is 11.9. The molecule has 1 aromatic heterocycles. The quantitative estimate of drug-likeness (QED) is 0.545. The lowest BCUT2D eigenvalue weighted by Gasteiger charge is -2.07. The van der Waals surface area contributed by atoms with Crippen LogP contribution in [0.15, 0.2) is 51.6 Å². The Morgan fingerprint density at radius 1 is 1.17 bits per heavy atom. The van der Waals surface area contributed by atoms with Crippen molar-refractivity contribution in [3.05, 3.63) is 42.2 Å². The minimum Gasteiger partial charge on any atom is -0.385 e. The second kappa shape index (κ2) is 10.3. The molecule has 0 fully saturated rings. The van der Waals surface area contributed by atoms with Gasteiger partial charge in [0, 0.05) is 37.6 Å². The highest BCUT2D eigenvalue weighted by atomic mass is 32.2. The molecule has 5 nitrogen and oxygen atoms in total. The van der Waals surface area contributed by atoms with Crippen molar-refractivity contribution >= 4 is 29.4 Å². The lowest BCUT2D eigenvalue weighted by molar-refractivity contribution is -0.118. The summed E-state index contributed by atoms with van der Waals surface area (Å²) in [6, 6.07) is 8.26. The highest BCUT2D eigenvalue weighted by Gasteiger charge is 2.10. The largest absolute Gasteiger partial charge is 0.385 e. The van der Waals surface area contributed by atoms with Gasteiger partial charge >= 0.3 is 0 Å². The van der Waals surface area contributed by atoms with Crippen LogP contribution in [0.4, 0.5) is 0 Å². The molecular weight excluding hydrogens is 342 g/mol. The third-order valence-corrected chi connectivity index (χ3v) is 5.16. The van der Waals surface area contributed by atoms with Gasteiger partial charge in [0.1, 0.15) is 10.1 Å². The lowest BCUT2D eigenvalue weighted by atomic mass is 10.2. The third-order valence-electron chi connectivity index (χ3n) is 3.06. The van der Waals surface area contributed by atoms with Crippen LogP contribution in [0.2, 0.25) is 0 Å². The number of carbonyl (C=O) groups excluding carboxylic acids is 1. The summed E-state index contributed by atoms with van der Waals surface area (Å²) in [5.41, 5.74) is 1.22. The van der Waals surface area contributed by atoms with Gasteiger partial charge in [-0.15, -0.1) is 0 Å². The van der Waals surface area contributed by atoms with Crippen molar-refractivity contribution in [2.75, 3.05) is 26.0 Å². The van der Waals surface area contributed by atoms with Crippen molar-refractivity contribution in [2.24, 2.45) is 0 Å². The minimum atomic E-state index is -0.00644. The Hall–Kier alpha value is -1.57. The van der Waals surface area contributed by atoms with E-state index < -0.39 is 0 Å². The predicted octanol–water partition coefficient (Wildman–Crippen LogP) is 3.18. The Kier molecular flexibility index (Phi) is 8.07. The van der Waals surface area contributed by atoms with Gasteiger partial charge in [-0.25, -0.2) is 9.97 Å². The predicted molar refractivity (Wildman–Crippen MR) is 97.6 cm³/mol. The summed E-state index contributed by atoms with van der Waals surface area (Å²) in [6.45, 7) is 3.33. The van der Waals surface area contributed by atoms with Crippen molar-refractivity contribution in [3.63, 3.8) is 0 Å². The zero-order valence-electron chi connectivity index (χ0n) is 13.8. The summed E-state index contributed by atoms with van der Waals surface area (Å²) in [7, 11) is 1.65. The number of aryl methyl sites for hydroxylation is 1. The Morgan fingerprint density at radius 2 is 1.88 bits per heavy atom. The Labute approximate surface area is 151 Å². The second-order valence-corrected chi connectivity index (χ2v) is 7.09. The number of carbonyl (C=O) groups is 1. The lowest BCUT2D eigenvalue weighted by Crippen LogP contribution is -2.26. The number of rotatable bonds is 9. The van der Waals surface area contributed by atoms with E-state index in [0.717, 1.165) is 21.4 Å². The summed E-state index contributed by atoms with van der Waals surface area (Å²) < 4.78 is 4.96. The summed E-state index contributed by atoms with van der Waals surface area (Å²) in [6.07, 6.45) is 4.13. The second-order valence-electron chi connectivity index (χ2n) is 5.07. The zero-order valence-corrected chi connectivity index (χ0v) is 15.5. The number of hydrogen-bond acceptors (Lipinski definition) is 6. The Balaban J connectivity index is 1.89. The fraction of sp³-hybridized carbons (Fsp3) is 0.353. The highest BCUT2D eigenvalue weighted by Crippen LogP contribution is 2.32. The van der Waals surface area contributed by atoms with E-state index in [9.17, 15) is 4.79 Å². The average molecular weight is 364 g/mol. The molecular formula is C17H21N3O2S2. The monoisotopic (exact) mass is 363 g/mol. The molecule has 24 heavy (non-hydrogen) atoms. The molecule has 1 amide bonds. The van der Waals surface area contributed by atoms with E-state index in [1.54, 1.807) is 31.3 Å².